The van der Waals surface area contributed by atoms with Crippen molar-refractivity contribution in [2.75, 3.05) is 4.90 Å². The second-order valence-corrected chi connectivity index (χ2v) is 4.64. The van der Waals surface area contributed by atoms with Crippen LogP contribution in [0.1, 0.15) is 31.2 Å². The average Bonchev–Trinajstić information content (AvgIpc) is 2.59. The van der Waals surface area contributed by atoms with Crippen molar-refractivity contribution in [1.82, 2.24) is 9.78 Å². The van der Waals surface area contributed by atoms with Crippen LogP contribution in [0.4, 0.5) is 5.82 Å². The van der Waals surface area contributed by atoms with Crippen LogP contribution in [0.15, 0.2) is 6.20 Å². The minimum Gasteiger partial charge on any atom is -0.389 e. The van der Waals surface area contributed by atoms with Crippen LogP contribution in [-0.2, 0) is 16.6 Å². The molecule has 0 bridgehead atoms. The maximum absolute atomic E-state index is 12.0. The van der Waals surface area contributed by atoms with Gasteiger partial charge in [0.25, 0.3) is 0 Å². The molecule has 6 nitrogen and oxygen atoms in total. The van der Waals surface area contributed by atoms with Gasteiger partial charge in [0.2, 0.25) is 11.8 Å². The lowest BCUT2D eigenvalue weighted by Gasteiger charge is -2.19. The number of amides is 2. The van der Waals surface area contributed by atoms with Gasteiger partial charge in [-0.1, -0.05) is 12.2 Å². The summed E-state index contributed by atoms with van der Waals surface area (Å²) in [5.74, 6) is -0.0726. The lowest BCUT2D eigenvalue weighted by Crippen LogP contribution is -2.37. The number of imide groups is 1. The number of hydrogen-bond donors (Lipinski definition) is 1. The summed E-state index contributed by atoms with van der Waals surface area (Å²) in [6, 6.07) is 0. The number of anilines is 1. The van der Waals surface area contributed by atoms with Gasteiger partial charge in [-0.25, -0.2) is 4.90 Å². The van der Waals surface area contributed by atoms with Gasteiger partial charge in [0.1, 0.15) is 4.99 Å². The van der Waals surface area contributed by atoms with Crippen LogP contribution in [0.5, 0.6) is 0 Å². The fraction of sp³-hybridized carbons (Fsp3) is 0.455. The van der Waals surface area contributed by atoms with Crippen molar-refractivity contribution >= 4 is 34.8 Å². The largest absolute Gasteiger partial charge is 0.389 e. The van der Waals surface area contributed by atoms with Gasteiger partial charge in [0.05, 0.1) is 11.8 Å². The van der Waals surface area contributed by atoms with E-state index >= 15 is 0 Å². The van der Waals surface area contributed by atoms with Crippen LogP contribution in [0, 0.1) is 0 Å². The number of thiocarbonyl (C=S) groups is 1. The molecule has 1 fully saturated rings. The molecule has 2 rings (SSSR count). The zero-order valence-electron chi connectivity index (χ0n) is 10.0. The Labute approximate surface area is 110 Å². The Kier molecular flexibility index (Phi) is 3.42. The topological polar surface area (TPSA) is 81.2 Å². The molecule has 18 heavy (non-hydrogen) atoms. The molecule has 1 aliphatic rings. The van der Waals surface area contributed by atoms with E-state index in [4.69, 9.17) is 18.0 Å². The number of aryl methyl sites for hydroxylation is 1. The minimum absolute atomic E-state index is 0.128. The van der Waals surface area contributed by atoms with E-state index < -0.39 is 0 Å². The summed E-state index contributed by atoms with van der Waals surface area (Å²) in [6.07, 6.45) is 3.63. The van der Waals surface area contributed by atoms with Gasteiger partial charge < -0.3 is 5.73 Å². The number of nitrogens with two attached hydrogens (primary N) is 1. The highest BCUT2D eigenvalue weighted by Gasteiger charge is 2.30. The molecule has 0 atom stereocenters. The maximum Gasteiger partial charge on any atom is 0.234 e. The van der Waals surface area contributed by atoms with Crippen molar-refractivity contribution in [2.45, 2.75) is 25.7 Å². The van der Waals surface area contributed by atoms with Gasteiger partial charge in [-0.2, -0.15) is 5.10 Å². The maximum atomic E-state index is 12.0. The van der Waals surface area contributed by atoms with Gasteiger partial charge in [0.15, 0.2) is 5.82 Å². The Morgan fingerprint density at radius 2 is 1.89 bits per heavy atom. The van der Waals surface area contributed by atoms with Crippen molar-refractivity contribution in [1.29, 1.82) is 0 Å². The summed E-state index contributed by atoms with van der Waals surface area (Å²) in [4.78, 5) is 25.3. The van der Waals surface area contributed by atoms with E-state index in [1.165, 1.54) is 10.9 Å². The highest BCUT2D eigenvalue weighted by molar-refractivity contribution is 7.80. The Bertz CT molecular complexity index is 505. The van der Waals surface area contributed by atoms with Gasteiger partial charge in [-0.05, 0) is 12.8 Å². The monoisotopic (exact) mass is 266 g/mol. The minimum atomic E-state index is -0.224. The highest BCUT2D eigenvalue weighted by atomic mass is 32.1. The van der Waals surface area contributed by atoms with E-state index in [0.29, 0.717) is 24.2 Å². The Morgan fingerprint density at radius 3 is 2.39 bits per heavy atom. The van der Waals surface area contributed by atoms with Crippen molar-refractivity contribution < 1.29 is 9.59 Å². The summed E-state index contributed by atoms with van der Waals surface area (Å²) in [5.41, 5.74) is 6.05. The van der Waals surface area contributed by atoms with Crippen LogP contribution in [-0.4, -0.2) is 26.6 Å². The summed E-state index contributed by atoms with van der Waals surface area (Å²) in [6.45, 7) is 0. The van der Waals surface area contributed by atoms with Gasteiger partial charge in [0, 0.05) is 19.9 Å². The molecule has 0 radical (unpaired) electrons. The average molecular weight is 266 g/mol. The molecule has 1 aliphatic heterocycles. The van der Waals surface area contributed by atoms with Crippen LogP contribution in [0.2, 0.25) is 0 Å². The molecule has 0 aliphatic carbocycles. The first-order valence-electron chi connectivity index (χ1n) is 5.70. The highest BCUT2D eigenvalue weighted by Crippen LogP contribution is 2.24. The predicted molar refractivity (Wildman–Crippen MR) is 70.1 cm³/mol. The predicted octanol–water partition coefficient (Wildman–Crippen LogP) is 0.488. The molecule has 0 spiro atoms. The summed E-state index contributed by atoms with van der Waals surface area (Å²) < 4.78 is 1.45. The molecular weight excluding hydrogens is 252 g/mol. The van der Waals surface area contributed by atoms with E-state index in [2.05, 4.69) is 5.10 Å². The lowest BCUT2D eigenvalue weighted by atomic mass is 10.2. The normalized spacial score (nSPS) is 16.8. The van der Waals surface area contributed by atoms with Crippen molar-refractivity contribution in [3.8, 4) is 0 Å². The molecule has 2 amide bonds. The molecule has 2 N–H and O–H groups in total. The van der Waals surface area contributed by atoms with E-state index in [1.54, 1.807) is 7.05 Å². The van der Waals surface area contributed by atoms with Gasteiger partial charge in [-0.3, -0.25) is 14.3 Å². The quantitative estimate of drug-likeness (QED) is 0.622. The van der Waals surface area contributed by atoms with Gasteiger partial charge >= 0.3 is 0 Å². The number of rotatable bonds is 2. The lowest BCUT2D eigenvalue weighted by molar-refractivity contribution is -0.125. The van der Waals surface area contributed by atoms with Crippen molar-refractivity contribution in [3.05, 3.63) is 11.8 Å². The first-order chi connectivity index (χ1) is 8.52. The third-order valence-corrected chi connectivity index (χ3v) is 3.13. The second-order valence-electron chi connectivity index (χ2n) is 4.20. The Morgan fingerprint density at radius 1 is 1.33 bits per heavy atom. The molecule has 1 aromatic rings. The first kappa shape index (κ1) is 12.7. The van der Waals surface area contributed by atoms with Crippen LogP contribution < -0.4 is 10.6 Å². The fourth-order valence-electron chi connectivity index (χ4n) is 2.02. The number of hydrogen-bond acceptors (Lipinski definition) is 4. The Balaban J connectivity index is 2.51. The number of aromatic nitrogens is 2. The molecule has 7 heteroatoms. The van der Waals surface area contributed by atoms with E-state index in [1.807, 2.05) is 0 Å². The summed E-state index contributed by atoms with van der Waals surface area (Å²) in [5, 5.41) is 4.02. The van der Waals surface area contributed by atoms with Crippen LogP contribution >= 0.6 is 12.2 Å². The summed E-state index contributed by atoms with van der Waals surface area (Å²) >= 11 is 4.92. The van der Waals surface area contributed by atoms with E-state index in [9.17, 15) is 9.59 Å². The second kappa shape index (κ2) is 4.85. The molecule has 96 valence electrons. The van der Waals surface area contributed by atoms with Crippen LogP contribution in [0.25, 0.3) is 0 Å². The fourth-order valence-corrected chi connectivity index (χ4v) is 2.17. The molecule has 1 saturated heterocycles. The molecule has 0 saturated carbocycles. The molecular formula is C11H14N4O2S. The zero-order valence-corrected chi connectivity index (χ0v) is 10.9. The van der Waals surface area contributed by atoms with Gasteiger partial charge in [-0.15, -0.1) is 0 Å². The zero-order chi connectivity index (χ0) is 13.3. The van der Waals surface area contributed by atoms with E-state index in [0.717, 1.165) is 17.7 Å². The van der Waals surface area contributed by atoms with E-state index in [-0.39, 0.29) is 16.8 Å². The molecule has 1 aromatic heterocycles. The molecule has 2 heterocycles. The number of carbonyl (C=O) groups is 2. The summed E-state index contributed by atoms with van der Waals surface area (Å²) in [7, 11) is 1.66. The SMILES string of the molecule is Cn1ncc(C(N)=S)c1N1C(=O)CCCCC1=O. The Hall–Kier alpha value is -1.76. The number of carbonyl (C=O) groups excluding carboxylic acids is 2. The molecule has 0 unspecified atom stereocenters. The van der Waals surface area contributed by atoms with Crippen LogP contribution in [0.3, 0.4) is 0 Å². The number of nitrogens with zero attached hydrogens (tertiary/aromatic N) is 3. The van der Waals surface area contributed by atoms with Crippen molar-refractivity contribution in [2.24, 2.45) is 12.8 Å². The standard InChI is InChI=1S/C11H14N4O2S/c1-14-11(7(6-13-14)10(12)18)15-8(16)4-2-3-5-9(15)17/h6H,2-5H2,1H3,(H2,12,18). The molecule has 0 aromatic carbocycles. The third-order valence-electron chi connectivity index (χ3n) is 2.91. The van der Waals surface area contributed by atoms with Crippen molar-refractivity contribution in [3.63, 3.8) is 0 Å². The third kappa shape index (κ3) is 2.13. The first-order valence-corrected chi connectivity index (χ1v) is 6.10. The smallest absolute Gasteiger partial charge is 0.234 e.